The molecule has 0 aliphatic heterocycles. The molecule has 0 radical (unpaired) electrons. The SMILES string of the molecule is CCOC(=O)[C@@H](C#N)C=N[C@@H](c1ccc(C)cc1)c1cccs1. The predicted molar refractivity (Wildman–Crippen MR) is 91.6 cm³/mol. The number of aryl methyl sites for hydroxylation is 1. The molecular weight excluding hydrogens is 308 g/mol. The molecule has 0 amide bonds. The normalized spacial score (nSPS) is 13.4. The van der Waals surface area contributed by atoms with E-state index in [1.165, 1.54) is 11.8 Å². The first-order valence-corrected chi connectivity index (χ1v) is 8.23. The van der Waals surface area contributed by atoms with Crippen molar-refractivity contribution in [1.29, 1.82) is 5.26 Å². The summed E-state index contributed by atoms with van der Waals surface area (Å²) in [5.74, 6) is -1.55. The Hall–Kier alpha value is -2.45. The highest BCUT2D eigenvalue weighted by Gasteiger charge is 2.19. The molecule has 0 fully saturated rings. The minimum atomic E-state index is -0.983. The molecule has 2 atom stereocenters. The summed E-state index contributed by atoms with van der Waals surface area (Å²) in [5.41, 5.74) is 2.19. The average Bonchev–Trinajstić information content (AvgIpc) is 3.07. The Kier molecular flexibility index (Phi) is 6.07. The van der Waals surface area contributed by atoms with Crippen molar-refractivity contribution < 1.29 is 9.53 Å². The van der Waals surface area contributed by atoms with Crippen LogP contribution in [0.25, 0.3) is 0 Å². The summed E-state index contributed by atoms with van der Waals surface area (Å²) >= 11 is 1.60. The van der Waals surface area contributed by atoms with Crippen LogP contribution >= 0.6 is 11.3 Å². The van der Waals surface area contributed by atoms with Crippen LogP contribution in [0, 0.1) is 24.2 Å². The van der Waals surface area contributed by atoms with Crippen LogP contribution in [0.4, 0.5) is 0 Å². The zero-order valence-corrected chi connectivity index (χ0v) is 13.9. The van der Waals surface area contributed by atoms with Gasteiger partial charge < -0.3 is 4.74 Å². The molecule has 1 aromatic heterocycles. The standard InChI is InChI=1S/C18H18N2O2S/c1-3-22-18(21)15(11-19)12-20-17(16-5-4-10-23-16)14-8-6-13(2)7-9-14/h4-10,12,15,17H,3H2,1-2H3/t15-,17-/m0/s1. The van der Waals surface area contributed by atoms with Gasteiger partial charge in [0.2, 0.25) is 0 Å². The third kappa shape index (κ3) is 4.51. The van der Waals surface area contributed by atoms with Crippen LogP contribution in [0.2, 0.25) is 0 Å². The van der Waals surface area contributed by atoms with Crippen LogP contribution < -0.4 is 0 Å². The second kappa shape index (κ2) is 8.25. The van der Waals surface area contributed by atoms with E-state index in [9.17, 15) is 4.79 Å². The molecule has 5 heteroatoms. The number of aliphatic imine (C=N–C) groups is 1. The minimum absolute atomic E-state index is 0.221. The Morgan fingerprint density at radius 1 is 1.39 bits per heavy atom. The van der Waals surface area contributed by atoms with Gasteiger partial charge in [-0.25, -0.2) is 0 Å². The van der Waals surface area contributed by atoms with Gasteiger partial charge in [-0.1, -0.05) is 35.9 Å². The van der Waals surface area contributed by atoms with Crippen LogP contribution in [-0.4, -0.2) is 18.8 Å². The van der Waals surface area contributed by atoms with Gasteiger partial charge in [-0.05, 0) is 30.9 Å². The second-order valence-corrected chi connectivity index (χ2v) is 5.96. The fraction of sp³-hybridized carbons (Fsp3) is 0.278. The van der Waals surface area contributed by atoms with Crippen molar-refractivity contribution in [3.63, 3.8) is 0 Å². The number of hydrogen-bond acceptors (Lipinski definition) is 5. The monoisotopic (exact) mass is 326 g/mol. The van der Waals surface area contributed by atoms with Crippen LogP contribution in [-0.2, 0) is 9.53 Å². The van der Waals surface area contributed by atoms with Crippen molar-refractivity contribution >= 4 is 23.5 Å². The summed E-state index contributed by atoms with van der Waals surface area (Å²) in [7, 11) is 0. The van der Waals surface area contributed by atoms with Crippen molar-refractivity contribution in [2.75, 3.05) is 6.61 Å². The summed E-state index contributed by atoms with van der Waals surface area (Å²) < 4.78 is 4.89. The highest BCUT2D eigenvalue weighted by Crippen LogP contribution is 2.29. The van der Waals surface area contributed by atoms with E-state index in [2.05, 4.69) is 4.99 Å². The van der Waals surface area contributed by atoms with Gasteiger partial charge in [0.1, 0.15) is 6.04 Å². The summed E-state index contributed by atoms with van der Waals surface area (Å²) in [5, 5.41) is 11.1. The number of hydrogen-bond donors (Lipinski definition) is 0. The van der Waals surface area contributed by atoms with Gasteiger partial charge in [-0.15, -0.1) is 11.3 Å². The molecule has 0 spiro atoms. The molecule has 2 aromatic rings. The molecule has 0 saturated heterocycles. The van der Waals surface area contributed by atoms with Crippen molar-refractivity contribution in [3.8, 4) is 6.07 Å². The molecule has 118 valence electrons. The largest absolute Gasteiger partial charge is 0.465 e. The number of ether oxygens (including phenoxy) is 1. The molecular formula is C18H18N2O2S. The summed E-state index contributed by atoms with van der Waals surface area (Å²) in [4.78, 5) is 17.3. The molecule has 23 heavy (non-hydrogen) atoms. The number of benzene rings is 1. The van der Waals surface area contributed by atoms with Gasteiger partial charge >= 0.3 is 5.97 Å². The number of nitriles is 1. The summed E-state index contributed by atoms with van der Waals surface area (Å²) in [6, 6.07) is 13.8. The van der Waals surface area contributed by atoms with Gasteiger partial charge in [0.25, 0.3) is 0 Å². The smallest absolute Gasteiger partial charge is 0.328 e. The van der Waals surface area contributed by atoms with Gasteiger partial charge in [-0.3, -0.25) is 9.79 Å². The third-order valence-electron chi connectivity index (χ3n) is 3.27. The van der Waals surface area contributed by atoms with Crippen molar-refractivity contribution in [2.45, 2.75) is 19.9 Å². The van der Waals surface area contributed by atoms with Gasteiger partial charge in [-0.2, -0.15) is 5.26 Å². The van der Waals surface area contributed by atoms with Gasteiger partial charge in [0.05, 0.1) is 12.7 Å². The number of esters is 1. The van der Waals surface area contributed by atoms with E-state index in [0.717, 1.165) is 10.4 Å². The maximum atomic E-state index is 11.7. The van der Waals surface area contributed by atoms with E-state index >= 15 is 0 Å². The lowest BCUT2D eigenvalue weighted by Gasteiger charge is -2.12. The molecule has 1 heterocycles. The van der Waals surface area contributed by atoms with Crippen molar-refractivity contribution in [1.82, 2.24) is 0 Å². The Bertz CT molecular complexity index is 700. The fourth-order valence-corrected chi connectivity index (χ4v) is 2.87. The molecule has 0 unspecified atom stereocenters. The minimum Gasteiger partial charge on any atom is -0.465 e. The maximum Gasteiger partial charge on any atom is 0.328 e. The van der Waals surface area contributed by atoms with Gasteiger partial charge in [0, 0.05) is 11.1 Å². The van der Waals surface area contributed by atoms with E-state index in [0.29, 0.717) is 0 Å². The molecule has 2 rings (SSSR count). The third-order valence-corrected chi connectivity index (χ3v) is 4.19. The Balaban J connectivity index is 2.28. The van der Waals surface area contributed by atoms with Crippen molar-refractivity contribution in [3.05, 3.63) is 57.8 Å². The van der Waals surface area contributed by atoms with E-state index in [-0.39, 0.29) is 12.6 Å². The quantitative estimate of drug-likeness (QED) is 0.597. The van der Waals surface area contributed by atoms with Crippen LogP contribution in [0.3, 0.4) is 0 Å². The number of nitrogens with zero attached hydrogens (tertiary/aromatic N) is 2. The molecule has 0 aliphatic carbocycles. The van der Waals surface area contributed by atoms with Crippen LogP contribution in [0.5, 0.6) is 0 Å². The molecule has 0 bridgehead atoms. The van der Waals surface area contributed by atoms with E-state index < -0.39 is 11.9 Å². The Labute approximate surface area is 140 Å². The first kappa shape index (κ1) is 16.9. The Morgan fingerprint density at radius 3 is 2.70 bits per heavy atom. The number of carbonyl (C=O) groups is 1. The lowest BCUT2D eigenvalue weighted by atomic mass is 10.0. The summed E-state index contributed by atoms with van der Waals surface area (Å²) in [6.07, 6.45) is 1.39. The van der Waals surface area contributed by atoms with E-state index in [1.54, 1.807) is 18.3 Å². The zero-order valence-electron chi connectivity index (χ0n) is 13.1. The first-order chi connectivity index (χ1) is 11.2. The maximum absolute atomic E-state index is 11.7. The number of carbonyl (C=O) groups excluding carboxylic acids is 1. The number of thiophene rings is 1. The predicted octanol–water partition coefficient (Wildman–Crippen LogP) is 3.92. The van der Waals surface area contributed by atoms with Crippen molar-refractivity contribution in [2.24, 2.45) is 10.9 Å². The lowest BCUT2D eigenvalue weighted by Crippen LogP contribution is -2.17. The highest BCUT2D eigenvalue weighted by atomic mass is 32.1. The lowest BCUT2D eigenvalue weighted by molar-refractivity contribution is -0.143. The molecule has 1 aromatic carbocycles. The summed E-state index contributed by atoms with van der Waals surface area (Å²) in [6.45, 7) is 3.99. The van der Waals surface area contributed by atoms with E-state index in [4.69, 9.17) is 10.00 Å². The number of rotatable bonds is 6. The molecule has 0 saturated carbocycles. The van der Waals surface area contributed by atoms with Gasteiger partial charge in [0.15, 0.2) is 5.92 Å². The van der Waals surface area contributed by atoms with E-state index in [1.807, 2.05) is 54.8 Å². The second-order valence-electron chi connectivity index (χ2n) is 4.99. The highest BCUT2D eigenvalue weighted by molar-refractivity contribution is 7.10. The topological polar surface area (TPSA) is 62.5 Å². The molecule has 0 N–H and O–H groups in total. The van der Waals surface area contributed by atoms with Crippen LogP contribution in [0.1, 0.15) is 29.0 Å². The fourth-order valence-electron chi connectivity index (χ4n) is 2.07. The first-order valence-electron chi connectivity index (χ1n) is 7.35. The Morgan fingerprint density at radius 2 is 2.13 bits per heavy atom. The molecule has 4 nitrogen and oxygen atoms in total. The average molecular weight is 326 g/mol. The molecule has 0 aliphatic rings. The van der Waals surface area contributed by atoms with Crippen LogP contribution in [0.15, 0.2) is 46.8 Å². The zero-order chi connectivity index (χ0) is 16.7.